The maximum absolute atomic E-state index is 11.4. The Morgan fingerprint density at radius 1 is 1.58 bits per heavy atom. The van der Waals surface area contributed by atoms with Gasteiger partial charge in [0.2, 0.25) is 0 Å². The normalized spacial score (nSPS) is 24.2. The lowest BCUT2D eigenvalue weighted by Gasteiger charge is -2.36. The number of ether oxygens (including phenoxy) is 1. The maximum Gasteiger partial charge on any atom is 0.356 e. The van der Waals surface area contributed by atoms with Crippen LogP contribution in [0.2, 0.25) is 0 Å². The molecule has 1 unspecified atom stereocenters. The smallest absolute Gasteiger partial charge is 0.356 e. The third kappa shape index (κ3) is 3.75. The highest BCUT2D eigenvalue weighted by atomic mass is 16.5. The molecule has 1 saturated heterocycles. The van der Waals surface area contributed by atoms with E-state index in [-0.39, 0.29) is 0 Å². The molecule has 1 aliphatic heterocycles. The average Bonchev–Trinajstić information content (AvgIpc) is 2.37. The largest absolute Gasteiger partial charge is 0.464 e. The van der Waals surface area contributed by atoms with Gasteiger partial charge >= 0.3 is 5.97 Å². The summed E-state index contributed by atoms with van der Waals surface area (Å²) in [5, 5.41) is 10.1. The second kappa shape index (κ2) is 5.67. The highest BCUT2D eigenvalue weighted by Gasteiger charge is 2.28. The highest BCUT2D eigenvalue weighted by Crippen LogP contribution is 2.21. The summed E-state index contributed by atoms with van der Waals surface area (Å²) in [7, 11) is 1.35. The van der Waals surface area contributed by atoms with Crippen molar-refractivity contribution in [2.24, 2.45) is 0 Å². The average molecular weight is 264 g/mol. The van der Waals surface area contributed by atoms with E-state index in [1.807, 2.05) is 13.0 Å². The molecule has 1 fully saturated rings. The number of carbonyl (C=O) groups is 1. The van der Waals surface area contributed by atoms with E-state index in [1.165, 1.54) is 7.11 Å². The summed E-state index contributed by atoms with van der Waals surface area (Å²) in [6.45, 7) is 4.08. The predicted molar refractivity (Wildman–Crippen MR) is 70.7 cm³/mol. The van der Waals surface area contributed by atoms with Gasteiger partial charge in [0, 0.05) is 13.1 Å². The number of methoxy groups -OCH3 is 1. The van der Waals surface area contributed by atoms with Gasteiger partial charge in [-0.1, -0.05) is 6.07 Å². The summed E-state index contributed by atoms with van der Waals surface area (Å²) < 4.78 is 4.66. The van der Waals surface area contributed by atoms with Gasteiger partial charge in [0.1, 0.15) is 5.69 Å². The first-order valence-corrected chi connectivity index (χ1v) is 6.49. The van der Waals surface area contributed by atoms with Crippen LogP contribution in [-0.4, -0.2) is 46.8 Å². The maximum atomic E-state index is 11.4. The Hall–Kier alpha value is -1.46. The number of aliphatic hydroxyl groups is 1. The molecule has 1 aromatic rings. The van der Waals surface area contributed by atoms with Crippen LogP contribution in [-0.2, 0) is 11.3 Å². The van der Waals surface area contributed by atoms with Crippen molar-refractivity contribution < 1.29 is 14.6 Å². The Bertz CT molecular complexity index is 460. The summed E-state index contributed by atoms with van der Waals surface area (Å²) in [4.78, 5) is 17.9. The van der Waals surface area contributed by atoms with Crippen LogP contribution in [0.3, 0.4) is 0 Å². The van der Waals surface area contributed by atoms with E-state index in [4.69, 9.17) is 0 Å². The van der Waals surface area contributed by atoms with Crippen LogP contribution in [0.5, 0.6) is 0 Å². The van der Waals surface area contributed by atoms with Gasteiger partial charge in [0.05, 0.1) is 18.4 Å². The van der Waals surface area contributed by atoms with E-state index in [0.29, 0.717) is 18.8 Å². The molecule has 5 heteroatoms. The second-order valence-corrected chi connectivity index (χ2v) is 5.32. The molecule has 2 heterocycles. The minimum atomic E-state index is -0.627. The van der Waals surface area contributed by atoms with Crippen molar-refractivity contribution in [3.63, 3.8) is 0 Å². The van der Waals surface area contributed by atoms with Gasteiger partial charge in [0.15, 0.2) is 0 Å². The number of nitrogens with zero attached hydrogens (tertiary/aromatic N) is 2. The highest BCUT2D eigenvalue weighted by molar-refractivity contribution is 5.87. The van der Waals surface area contributed by atoms with Crippen molar-refractivity contribution in [3.05, 3.63) is 29.6 Å². The van der Waals surface area contributed by atoms with Gasteiger partial charge in [-0.05, 0) is 38.4 Å². The fourth-order valence-electron chi connectivity index (χ4n) is 2.47. The fourth-order valence-corrected chi connectivity index (χ4v) is 2.47. The minimum absolute atomic E-state index is 0.323. The Morgan fingerprint density at radius 3 is 3.05 bits per heavy atom. The van der Waals surface area contributed by atoms with Crippen molar-refractivity contribution in [3.8, 4) is 0 Å². The van der Waals surface area contributed by atoms with Crippen LogP contribution in [0, 0.1) is 0 Å². The van der Waals surface area contributed by atoms with Crippen molar-refractivity contribution >= 4 is 5.97 Å². The number of hydrogen-bond acceptors (Lipinski definition) is 5. The first-order chi connectivity index (χ1) is 9.00. The van der Waals surface area contributed by atoms with Crippen LogP contribution in [0.15, 0.2) is 18.2 Å². The summed E-state index contributed by atoms with van der Waals surface area (Å²) >= 11 is 0. The molecule has 0 radical (unpaired) electrons. The number of esters is 1. The number of aromatic nitrogens is 1. The van der Waals surface area contributed by atoms with Crippen LogP contribution in [0.4, 0.5) is 0 Å². The molecule has 1 aliphatic rings. The minimum Gasteiger partial charge on any atom is -0.464 e. The molecule has 2 rings (SSSR count). The van der Waals surface area contributed by atoms with E-state index >= 15 is 0 Å². The summed E-state index contributed by atoms with van der Waals surface area (Å²) in [6.07, 6.45) is 1.81. The van der Waals surface area contributed by atoms with Gasteiger partial charge in [-0.15, -0.1) is 0 Å². The molecule has 0 amide bonds. The summed E-state index contributed by atoms with van der Waals surface area (Å²) in [5.74, 6) is -0.424. The van der Waals surface area contributed by atoms with Crippen molar-refractivity contribution in [1.82, 2.24) is 9.88 Å². The number of pyridine rings is 1. The standard InChI is InChI=1S/C14H20N2O3/c1-14(18)7-4-8-16(10-14)9-11-5-3-6-12(15-11)13(17)19-2/h3,5-6,18H,4,7-10H2,1-2H3. The molecular formula is C14H20N2O3. The van der Waals surface area contributed by atoms with Gasteiger partial charge in [-0.2, -0.15) is 0 Å². The Morgan fingerprint density at radius 2 is 2.37 bits per heavy atom. The van der Waals surface area contributed by atoms with Crippen LogP contribution in [0.1, 0.15) is 35.9 Å². The zero-order valence-corrected chi connectivity index (χ0v) is 11.4. The van der Waals surface area contributed by atoms with Gasteiger partial charge < -0.3 is 9.84 Å². The Balaban J connectivity index is 2.05. The zero-order valence-electron chi connectivity index (χ0n) is 11.4. The lowest BCUT2D eigenvalue weighted by atomic mass is 9.95. The molecule has 1 N–H and O–H groups in total. The van der Waals surface area contributed by atoms with E-state index in [1.54, 1.807) is 12.1 Å². The number of likely N-dealkylation sites (tertiary alicyclic amines) is 1. The van der Waals surface area contributed by atoms with Crippen LogP contribution in [0.25, 0.3) is 0 Å². The van der Waals surface area contributed by atoms with Crippen LogP contribution < -0.4 is 0 Å². The van der Waals surface area contributed by atoms with Gasteiger partial charge in [0.25, 0.3) is 0 Å². The molecule has 104 valence electrons. The first-order valence-electron chi connectivity index (χ1n) is 6.49. The Labute approximate surface area is 113 Å². The third-order valence-corrected chi connectivity index (χ3v) is 3.34. The Kier molecular flexibility index (Phi) is 4.17. The predicted octanol–water partition coefficient (Wildman–Crippen LogP) is 1.21. The topological polar surface area (TPSA) is 62.7 Å². The zero-order chi connectivity index (χ0) is 13.9. The number of β-amino-alcohol motifs (C(OH)–C–C–N with tert-alkyl or cyclic N) is 1. The van der Waals surface area contributed by atoms with E-state index in [2.05, 4.69) is 14.6 Å². The number of carbonyl (C=O) groups excluding carboxylic acids is 1. The van der Waals surface area contributed by atoms with Crippen molar-refractivity contribution in [1.29, 1.82) is 0 Å². The van der Waals surface area contributed by atoms with E-state index in [9.17, 15) is 9.90 Å². The van der Waals surface area contributed by atoms with E-state index < -0.39 is 11.6 Å². The van der Waals surface area contributed by atoms with Gasteiger partial charge in [-0.3, -0.25) is 4.90 Å². The molecule has 1 atom stereocenters. The molecule has 0 aromatic carbocycles. The second-order valence-electron chi connectivity index (χ2n) is 5.32. The summed E-state index contributed by atoms with van der Waals surface area (Å²) in [6, 6.07) is 5.33. The molecule has 19 heavy (non-hydrogen) atoms. The molecule has 0 bridgehead atoms. The lowest BCUT2D eigenvalue weighted by molar-refractivity contribution is -0.0185. The molecule has 5 nitrogen and oxygen atoms in total. The lowest BCUT2D eigenvalue weighted by Crippen LogP contribution is -2.45. The number of rotatable bonds is 3. The van der Waals surface area contributed by atoms with E-state index in [0.717, 1.165) is 25.1 Å². The molecule has 0 saturated carbocycles. The van der Waals surface area contributed by atoms with Gasteiger partial charge in [-0.25, -0.2) is 9.78 Å². The molecule has 0 aliphatic carbocycles. The van der Waals surface area contributed by atoms with Crippen molar-refractivity contribution in [2.75, 3.05) is 20.2 Å². The molecular weight excluding hydrogens is 244 g/mol. The first kappa shape index (κ1) is 14.0. The monoisotopic (exact) mass is 264 g/mol. The van der Waals surface area contributed by atoms with Crippen molar-refractivity contribution in [2.45, 2.75) is 31.9 Å². The fraction of sp³-hybridized carbons (Fsp3) is 0.571. The number of hydrogen-bond donors (Lipinski definition) is 1. The molecule has 1 aromatic heterocycles. The third-order valence-electron chi connectivity index (χ3n) is 3.34. The summed E-state index contributed by atoms with van der Waals surface area (Å²) in [5.41, 5.74) is 0.516. The molecule has 0 spiro atoms. The SMILES string of the molecule is COC(=O)c1cccc(CN2CCCC(C)(O)C2)n1. The number of piperidine rings is 1. The van der Waals surface area contributed by atoms with Crippen LogP contribution >= 0.6 is 0 Å². The quantitative estimate of drug-likeness (QED) is 0.832.